The van der Waals surface area contributed by atoms with E-state index >= 15 is 0 Å². The monoisotopic (exact) mass is 338 g/mol. The highest BCUT2D eigenvalue weighted by Gasteiger charge is 2.11. The van der Waals surface area contributed by atoms with Gasteiger partial charge in [0.2, 0.25) is 0 Å². The number of amides is 1. The van der Waals surface area contributed by atoms with Crippen molar-refractivity contribution in [2.45, 2.75) is 33.4 Å². The molecule has 1 amide bonds. The summed E-state index contributed by atoms with van der Waals surface area (Å²) >= 11 is 1.47. The molecular formula is C18H18N4OS. The number of terminal acetylenes is 1. The summed E-state index contributed by atoms with van der Waals surface area (Å²) in [7, 11) is 0. The molecule has 0 saturated heterocycles. The number of carbonyl (C=O) groups excluding carboxylic acids is 1. The number of hydrogen-bond donors (Lipinski definition) is 0. The third-order valence-electron chi connectivity index (χ3n) is 3.79. The lowest BCUT2D eigenvalue weighted by atomic mass is 10.2. The minimum absolute atomic E-state index is 0.343. The van der Waals surface area contributed by atoms with E-state index in [9.17, 15) is 4.79 Å². The van der Waals surface area contributed by atoms with Crippen LogP contribution < -0.4 is 4.80 Å². The largest absolute Gasteiger partial charge is 0.305 e. The molecule has 0 bridgehead atoms. The van der Waals surface area contributed by atoms with E-state index < -0.39 is 0 Å². The Kier molecular flexibility index (Phi) is 4.63. The second-order valence-corrected chi connectivity index (χ2v) is 6.31. The summed E-state index contributed by atoms with van der Waals surface area (Å²) < 4.78 is 4.68. The SMILES string of the molecule is C#CCn1c(=NC(=O)c2ccn(CC)n2)sc2cc(CC)ccc21. The van der Waals surface area contributed by atoms with Gasteiger partial charge in [-0.25, -0.2) is 0 Å². The van der Waals surface area contributed by atoms with Gasteiger partial charge in [0.1, 0.15) is 0 Å². The Morgan fingerprint density at radius 3 is 2.88 bits per heavy atom. The van der Waals surface area contributed by atoms with E-state index in [-0.39, 0.29) is 5.91 Å². The van der Waals surface area contributed by atoms with Gasteiger partial charge in [-0.1, -0.05) is 30.2 Å². The van der Waals surface area contributed by atoms with Gasteiger partial charge in [-0.2, -0.15) is 10.1 Å². The van der Waals surface area contributed by atoms with E-state index in [4.69, 9.17) is 6.42 Å². The molecule has 0 aliphatic carbocycles. The average Bonchev–Trinajstić information content (AvgIpc) is 3.20. The van der Waals surface area contributed by atoms with E-state index in [1.54, 1.807) is 16.9 Å². The fraction of sp³-hybridized carbons (Fsp3) is 0.278. The lowest BCUT2D eigenvalue weighted by Crippen LogP contribution is -2.16. The highest BCUT2D eigenvalue weighted by atomic mass is 32.1. The van der Waals surface area contributed by atoms with Gasteiger partial charge in [-0.15, -0.1) is 6.42 Å². The fourth-order valence-corrected chi connectivity index (χ4v) is 3.55. The number of fused-ring (bicyclic) bond motifs is 1. The lowest BCUT2D eigenvalue weighted by Gasteiger charge is -2.00. The number of aryl methyl sites for hydroxylation is 2. The van der Waals surface area contributed by atoms with Gasteiger partial charge in [0.15, 0.2) is 10.5 Å². The number of benzene rings is 1. The molecule has 24 heavy (non-hydrogen) atoms. The van der Waals surface area contributed by atoms with E-state index in [0.29, 0.717) is 23.6 Å². The minimum atomic E-state index is -0.352. The van der Waals surface area contributed by atoms with E-state index in [1.807, 2.05) is 17.6 Å². The van der Waals surface area contributed by atoms with Crippen molar-refractivity contribution < 1.29 is 4.79 Å². The molecule has 0 unspecified atom stereocenters. The first kappa shape index (κ1) is 16.2. The molecule has 5 nitrogen and oxygen atoms in total. The van der Waals surface area contributed by atoms with Crippen molar-refractivity contribution in [1.29, 1.82) is 0 Å². The average molecular weight is 338 g/mol. The quantitative estimate of drug-likeness (QED) is 0.687. The second kappa shape index (κ2) is 6.85. The van der Waals surface area contributed by atoms with Crippen LogP contribution in [0.4, 0.5) is 0 Å². The van der Waals surface area contributed by atoms with Crippen molar-refractivity contribution in [3.8, 4) is 12.3 Å². The van der Waals surface area contributed by atoms with Gasteiger partial charge in [-0.05, 0) is 37.1 Å². The van der Waals surface area contributed by atoms with Crippen molar-refractivity contribution in [1.82, 2.24) is 14.3 Å². The first-order valence-electron chi connectivity index (χ1n) is 7.84. The third kappa shape index (κ3) is 3.03. The molecule has 122 valence electrons. The van der Waals surface area contributed by atoms with Crippen LogP contribution in [-0.2, 0) is 19.5 Å². The normalized spacial score (nSPS) is 11.8. The number of aromatic nitrogens is 3. The molecule has 2 heterocycles. The fourth-order valence-electron chi connectivity index (χ4n) is 2.46. The van der Waals surface area contributed by atoms with Crippen molar-refractivity contribution in [2.24, 2.45) is 4.99 Å². The maximum atomic E-state index is 12.4. The van der Waals surface area contributed by atoms with Crippen LogP contribution >= 0.6 is 11.3 Å². The number of rotatable bonds is 4. The summed E-state index contributed by atoms with van der Waals surface area (Å²) in [5.74, 6) is 2.28. The van der Waals surface area contributed by atoms with Gasteiger partial charge in [0.25, 0.3) is 5.91 Å². The molecule has 3 rings (SSSR count). The topological polar surface area (TPSA) is 52.2 Å². The molecule has 0 aliphatic rings. The number of thiazole rings is 1. The summed E-state index contributed by atoms with van der Waals surface area (Å²) in [6, 6.07) is 7.93. The molecule has 2 aromatic heterocycles. The zero-order valence-corrected chi connectivity index (χ0v) is 14.5. The van der Waals surface area contributed by atoms with Crippen LogP contribution in [0.15, 0.2) is 35.5 Å². The van der Waals surface area contributed by atoms with Crippen LogP contribution in [0.5, 0.6) is 0 Å². The van der Waals surface area contributed by atoms with Gasteiger partial charge in [-0.3, -0.25) is 9.48 Å². The van der Waals surface area contributed by atoms with E-state index in [2.05, 4.69) is 35.1 Å². The Morgan fingerprint density at radius 2 is 2.21 bits per heavy atom. The van der Waals surface area contributed by atoms with E-state index in [1.165, 1.54) is 16.9 Å². The number of nitrogens with zero attached hydrogens (tertiary/aromatic N) is 4. The number of hydrogen-bond acceptors (Lipinski definition) is 3. The van der Waals surface area contributed by atoms with Gasteiger partial charge in [0.05, 0.1) is 16.8 Å². The Balaban J connectivity index is 2.11. The van der Waals surface area contributed by atoms with Gasteiger partial charge < -0.3 is 4.57 Å². The summed E-state index contributed by atoms with van der Waals surface area (Å²) in [5.41, 5.74) is 2.59. The Bertz CT molecular complexity index is 1000. The molecule has 6 heteroatoms. The molecule has 0 saturated carbocycles. The smallest absolute Gasteiger partial charge is 0.300 e. The van der Waals surface area contributed by atoms with Gasteiger partial charge in [0, 0.05) is 12.7 Å². The maximum Gasteiger partial charge on any atom is 0.300 e. The first-order valence-corrected chi connectivity index (χ1v) is 8.66. The molecule has 0 spiro atoms. The minimum Gasteiger partial charge on any atom is -0.305 e. The molecule has 0 N–H and O–H groups in total. The Hall–Kier alpha value is -2.65. The molecule has 0 fully saturated rings. The molecular weight excluding hydrogens is 320 g/mol. The Morgan fingerprint density at radius 1 is 1.38 bits per heavy atom. The maximum absolute atomic E-state index is 12.4. The Labute approximate surface area is 144 Å². The van der Waals surface area contributed by atoms with Crippen molar-refractivity contribution in [2.75, 3.05) is 0 Å². The van der Waals surface area contributed by atoms with Crippen molar-refractivity contribution >= 4 is 27.5 Å². The number of carbonyl (C=O) groups is 1. The highest BCUT2D eigenvalue weighted by Crippen LogP contribution is 2.19. The second-order valence-electron chi connectivity index (χ2n) is 5.30. The molecule has 0 aliphatic heterocycles. The van der Waals surface area contributed by atoms with Crippen molar-refractivity contribution in [3.05, 3.63) is 46.5 Å². The summed E-state index contributed by atoms with van der Waals surface area (Å²) in [6.45, 7) is 5.17. The summed E-state index contributed by atoms with van der Waals surface area (Å²) in [6.07, 6.45) is 8.23. The van der Waals surface area contributed by atoms with Crippen LogP contribution in [0.1, 0.15) is 29.9 Å². The zero-order valence-electron chi connectivity index (χ0n) is 13.7. The highest BCUT2D eigenvalue weighted by molar-refractivity contribution is 7.16. The zero-order chi connectivity index (χ0) is 17.1. The van der Waals surface area contributed by atoms with Crippen LogP contribution in [-0.4, -0.2) is 20.3 Å². The molecule has 3 aromatic rings. The molecule has 0 atom stereocenters. The lowest BCUT2D eigenvalue weighted by molar-refractivity contribution is 0.0992. The van der Waals surface area contributed by atoms with Crippen LogP contribution in [0, 0.1) is 12.3 Å². The third-order valence-corrected chi connectivity index (χ3v) is 4.83. The van der Waals surface area contributed by atoms with Crippen LogP contribution in [0.25, 0.3) is 10.2 Å². The van der Waals surface area contributed by atoms with E-state index in [0.717, 1.165) is 16.6 Å². The molecule has 0 radical (unpaired) electrons. The standard InChI is InChI=1S/C18H18N4OS/c1-4-10-22-15-8-7-13(5-2)12-16(15)24-18(22)19-17(23)14-9-11-21(6-3)20-14/h1,7-9,11-12H,5-6,10H2,2-3H3. The predicted molar refractivity (Wildman–Crippen MR) is 95.8 cm³/mol. The summed E-state index contributed by atoms with van der Waals surface area (Å²) in [5, 5.41) is 4.21. The van der Waals surface area contributed by atoms with Crippen LogP contribution in [0.3, 0.4) is 0 Å². The predicted octanol–water partition coefficient (Wildman–Crippen LogP) is 2.86. The van der Waals surface area contributed by atoms with Gasteiger partial charge >= 0.3 is 0 Å². The van der Waals surface area contributed by atoms with Crippen molar-refractivity contribution in [3.63, 3.8) is 0 Å². The molecule has 1 aromatic carbocycles. The van der Waals surface area contributed by atoms with Crippen LogP contribution in [0.2, 0.25) is 0 Å². The first-order chi connectivity index (χ1) is 11.7. The summed E-state index contributed by atoms with van der Waals surface area (Å²) in [4.78, 5) is 17.3.